The highest BCUT2D eigenvalue weighted by molar-refractivity contribution is 7.92. The average Bonchev–Trinajstić information content (AvgIpc) is 3.09. The molecule has 0 spiro atoms. The molecule has 1 heterocycles. The van der Waals surface area contributed by atoms with Crippen LogP contribution in [-0.2, 0) is 22.9 Å². The molecule has 0 unspecified atom stereocenters. The van der Waals surface area contributed by atoms with Gasteiger partial charge in [-0.15, -0.1) is 0 Å². The molecule has 1 aliphatic rings. The fraction of sp³-hybridized carbons (Fsp3) is 0.208. The number of nitrogens with one attached hydrogen (secondary N) is 1. The van der Waals surface area contributed by atoms with Crippen LogP contribution in [0, 0.1) is 0 Å². The third-order valence-corrected chi connectivity index (χ3v) is 6.82. The zero-order valence-corrected chi connectivity index (χ0v) is 17.8. The average molecular weight is 421 g/mol. The van der Waals surface area contributed by atoms with E-state index in [-0.39, 0.29) is 16.8 Å². The molecule has 3 aromatic carbocycles. The number of hydrogen-bond donors (Lipinski definition) is 1. The molecule has 0 radical (unpaired) electrons. The molecule has 1 aliphatic heterocycles. The van der Waals surface area contributed by atoms with Crippen molar-refractivity contribution in [1.29, 1.82) is 0 Å². The van der Waals surface area contributed by atoms with Crippen LogP contribution >= 0.6 is 0 Å². The molecule has 1 atom stereocenters. The number of fused-ring (bicyclic) bond motifs is 1. The van der Waals surface area contributed by atoms with Gasteiger partial charge in [0, 0.05) is 17.3 Å². The number of carbonyl (C=O) groups is 1. The number of para-hydroxylation sites is 1. The van der Waals surface area contributed by atoms with Crippen LogP contribution in [0.4, 0.5) is 11.4 Å². The Bertz CT molecular complexity index is 1190. The van der Waals surface area contributed by atoms with Gasteiger partial charge >= 0.3 is 0 Å². The van der Waals surface area contributed by atoms with Gasteiger partial charge in [0.25, 0.3) is 15.9 Å². The lowest BCUT2D eigenvalue weighted by Crippen LogP contribution is -2.35. The summed E-state index contributed by atoms with van der Waals surface area (Å²) in [5.41, 5.74) is 3.78. The number of hydrogen-bond acceptors (Lipinski definition) is 3. The molecule has 154 valence electrons. The first-order valence-corrected chi connectivity index (χ1v) is 11.5. The Morgan fingerprint density at radius 1 is 1.03 bits per heavy atom. The number of rotatable bonds is 5. The van der Waals surface area contributed by atoms with E-state index in [4.69, 9.17) is 0 Å². The predicted molar refractivity (Wildman–Crippen MR) is 119 cm³/mol. The maximum atomic E-state index is 13.0. The van der Waals surface area contributed by atoms with Crippen LogP contribution in [0.3, 0.4) is 0 Å². The van der Waals surface area contributed by atoms with E-state index in [1.165, 1.54) is 0 Å². The highest BCUT2D eigenvalue weighted by Crippen LogP contribution is 2.35. The van der Waals surface area contributed by atoms with Crippen LogP contribution in [0.1, 0.15) is 35.3 Å². The van der Waals surface area contributed by atoms with E-state index in [0.717, 1.165) is 23.2 Å². The minimum absolute atomic E-state index is 0.0422. The van der Waals surface area contributed by atoms with Crippen molar-refractivity contribution in [3.63, 3.8) is 0 Å². The number of sulfonamides is 1. The van der Waals surface area contributed by atoms with Crippen molar-refractivity contribution in [2.75, 3.05) is 9.62 Å². The Kier molecular flexibility index (Phi) is 5.35. The van der Waals surface area contributed by atoms with Crippen molar-refractivity contribution in [3.8, 4) is 0 Å². The number of nitrogens with zero attached hydrogens (tertiary/aromatic N) is 1. The summed E-state index contributed by atoms with van der Waals surface area (Å²) in [6.07, 6.45) is 1.35. The monoisotopic (exact) mass is 420 g/mol. The summed E-state index contributed by atoms with van der Waals surface area (Å²) in [4.78, 5) is 15.0. The maximum absolute atomic E-state index is 13.0. The predicted octanol–water partition coefficient (Wildman–Crippen LogP) is 4.64. The molecule has 6 heteroatoms. The van der Waals surface area contributed by atoms with Gasteiger partial charge in [-0.25, -0.2) is 8.42 Å². The van der Waals surface area contributed by atoms with Gasteiger partial charge in [0.15, 0.2) is 0 Å². The molecule has 5 nitrogen and oxygen atoms in total. The van der Waals surface area contributed by atoms with Gasteiger partial charge in [-0.1, -0.05) is 43.3 Å². The van der Waals surface area contributed by atoms with E-state index in [0.29, 0.717) is 17.7 Å². The lowest BCUT2D eigenvalue weighted by molar-refractivity contribution is 0.0981. The van der Waals surface area contributed by atoms with E-state index < -0.39 is 10.0 Å². The topological polar surface area (TPSA) is 66.5 Å². The SMILES string of the molecule is CCc1ccccc1NS(=O)(=O)c1ccc2c(c1)C[C@@H](C)N2C(=O)c1ccccc1. The molecule has 0 aromatic heterocycles. The van der Waals surface area contributed by atoms with Crippen molar-refractivity contribution >= 4 is 27.3 Å². The standard InChI is InChI=1S/C24H24N2O3S/c1-3-18-9-7-8-12-22(18)25-30(28,29)21-13-14-23-20(16-21)15-17(2)26(23)24(27)19-10-5-4-6-11-19/h4-14,16-17,25H,3,15H2,1-2H3/t17-/m1/s1. The summed E-state index contributed by atoms with van der Waals surface area (Å²) < 4.78 is 28.7. The zero-order valence-electron chi connectivity index (χ0n) is 17.0. The minimum Gasteiger partial charge on any atom is -0.305 e. The second kappa shape index (κ2) is 7.95. The smallest absolute Gasteiger partial charge is 0.261 e. The van der Waals surface area contributed by atoms with E-state index >= 15 is 0 Å². The van der Waals surface area contributed by atoms with Gasteiger partial charge in [0.1, 0.15) is 0 Å². The second-order valence-corrected chi connectivity index (χ2v) is 9.18. The molecule has 4 rings (SSSR count). The Morgan fingerprint density at radius 3 is 2.47 bits per heavy atom. The van der Waals surface area contributed by atoms with Crippen LogP contribution < -0.4 is 9.62 Å². The summed E-state index contributed by atoms with van der Waals surface area (Å²) in [5, 5.41) is 0. The Morgan fingerprint density at radius 2 is 1.73 bits per heavy atom. The molecule has 0 aliphatic carbocycles. The Hall–Kier alpha value is -3.12. The molecule has 1 amide bonds. The molecular weight excluding hydrogens is 396 g/mol. The van der Waals surface area contributed by atoms with Crippen molar-refractivity contribution in [1.82, 2.24) is 0 Å². The first kappa shape index (κ1) is 20.2. The van der Waals surface area contributed by atoms with Crippen LogP contribution in [-0.4, -0.2) is 20.4 Å². The molecule has 3 aromatic rings. The van der Waals surface area contributed by atoms with Crippen molar-refractivity contribution < 1.29 is 13.2 Å². The largest absolute Gasteiger partial charge is 0.305 e. The van der Waals surface area contributed by atoms with Crippen molar-refractivity contribution in [2.24, 2.45) is 0 Å². The highest BCUT2D eigenvalue weighted by Gasteiger charge is 2.32. The summed E-state index contributed by atoms with van der Waals surface area (Å²) in [5.74, 6) is -0.0764. The fourth-order valence-electron chi connectivity index (χ4n) is 3.94. The summed E-state index contributed by atoms with van der Waals surface area (Å²) in [7, 11) is -3.73. The van der Waals surface area contributed by atoms with Gasteiger partial charge in [-0.05, 0) is 67.3 Å². The van der Waals surface area contributed by atoms with E-state index in [2.05, 4.69) is 4.72 Å². The molecule has 0 saturated heterocycles. The lowest BCUT2D eigenvalue weighted by atomic mass is 10.1. The zero-order chi connectivity index (χ0) is 21.3. The molecule has 0 fully saturated rings. The van der Waals surface area contributed by atoms with E-state index in [1.54, 1.807) is 41.3 Å². The summed E-state index contributed by atoms with van der Waals surface area (Å²) >= 11 is 0. The minimum atomic E-state index is -3.73. The normalized spacial score (nSPS) is 15.7. The number of anilines is 2. The highest BCUT2D eigenvalue weighted by atomic mass is 32.2. The third-order valence-electron chi connectivity index (χ3n) is 5.46. The quantitative estimate of drug-likeness (QED) is 0.654. The molecule has 30 heavy (non-hydrogen) atoms. The van der Waals surface area contributed by atoms with Crippen LogP contribution in [0.15, 0.2) is 77.7 Å². The number of amides is 1. The van der Waals surface area contributed by atoms with Crippen molar-refractivity contribution in [3.05, 3.63) is 89.5 Å². The first-order valence-electron chi connectivity index (χ1n) is 10.0. The lowest BCUT2D eigenvalue weighted by Gasteiger charge is -2.23. The van der Waals surface area contributed by atoms with Gasteiger partial charge in [-0.3, -0.25) is 9.52 Å². The molecule has 0 saturated carbocycles. The van der Waals surface area contributed by atoms with E-state index in [9.17, 15) is 13.2 Å². The van der Waals surface area contributed by atoms with Crippen molar-refractivity contribution in [2.45, 2.75) is 37.6 Å². The van der Waals surface area contributed by atoms with Crippen LogP contribution in [0.25, 0.3) is 0 Å². The first-order chi connectivity index (χ1) is 14.4. The van der Waals surface area contributed by atoms with Gasteiger partial charge in [0.2, 0.25) is 0 Å². The molecule has 1 N–H and O–H groups in total. The number of benzene rings is 3. The number of aryl methyl sites for hydroxylation is 1. The van der Waals surface area contributed by atoms with Gasteiger partial charge in [0.05, 0.1) is 10.6 Å². The Labute approximate surface area is 177 Å². The fourth-order valence-corrected chi connectivity index (χ4v) is 5.09. The molecule has 0 bridgehead atoms. The second-order valence-electron chi connectivity index (χ2n) is 7.50. The summed E-state index contributed by atoms with van der Waals surface area (Å²) in [6, 6.07) is 21.5. The van der Waals surface area contributed by atoms with Crippen LogP contribution in [0.2, 0.25) is 0 Å². The summed E-state index contributed by atoms with van der Waals surface area (Å²) in [6.45, 7) is 3.97. The molecular formula is C24H24N2O3S. The maximum Gasteiger partial charge on any atom is 0.261 e. The van der Waals surface area contributed by atoms with Gasteiger partial charge in [-0.2, -0.15) is 0 Å². The van der Waals surface area contributed by atoms with Crippen LogP contribution in [0.5, 0.6) is 0 Å². The van der Waals surface area contributed by atoms with Gasteiger partial charge < -0.3 is 4.90 Å². The van der Waals surface area contributed by atoms with E-state index in [1.807, 2.05) is 50.2 Å². The Balaban J connectivity index is 1.65. The third kappa shape index (κ3) is 3.71. The number of carbonyl (C=O) groups excluding carboxylic acids is 1.